The van der Waals surface area contributed by atoms with Crippen molar-refractivity contribution in [3.05, 3.63) is 77.1 Å². The zero-order valence-electron chi connectivity index (χ0n) is 18.2. The smallest absolute Gasteiger partial charge is 0.274 e. The Kier molecular flexibility index (Phi) is 6.01. The molecule has 0 radical (unpaired) electrons. The largest absolute Gasteiger partial charge is 0.393 e. The van der Waals surface area contributed by atoms with Gasteiger partial charge in [0.05, 0.1) is 17.5 Å². The molecule has 166 valence electrons. The van der Waals surface area contributed by atoms with Gasteiger partial charge < -0.3 is 10.4 Å². The number of nitrogens with zero attached hydrogens (tertiary/aromatic N) is 4. The molecule has 3 aromatic rings. The number of para-hydroxylation sites is 1. The molecule has 7 nitrogen and oxygen atoms in total. The number of hydrogen-bond donors (Lipinski definition) is 2. The second-order valence-electron chi connectivity index (χ2n) is 8.85. The number of aliphatic hydroxyl groups is 1. The summed E-state index contributed by atoms with van der Waals surface area (Å²) in [6.07, 6.45) is 3.69. The molecule has 5 rings (SSSR count). The minimum absolute atomic E-state index is 0.146. The van der Waals surface area contributed by atoms with Gasteiger partial charge in [0, 0.05) is 32.1 Å². The summed E-state index contributed by atoms with van der Waals surface area (Å²) in [6.45, 7) is 3.22. The first-order chi connectivity index (χ1) is 15.7. The number of likely N-dealkylation sites (tertiary alicyclic amines) is 1. The van der Waals surface area contributed by atoms with E-state index in [1.165, 1.54) is 5.56 Å². The standard InChI is InChI=1S/C25H29N5O2/c31-22-12-14-29(15-13-22)17-19-8-6-18(7-9-19)16-26-25(32)23-24(20-10-11-20)30(28-27-23)21-4-2-1-3-5-21/h1-9,20,22,31H,10-17H2,(H,26,32). The highest BCUT2D eigenvalue weighted by Crippen LogP contribution is 2.41. The SMILES string of the molecule is O=C(NCc1ccc(CN2CCC(O)CC2)cc1)c1nnn(-c2ccccc2)c1C1CC1. The first-order valence-electron chi connectivity index (χ1n) is 11.4. The third kappa shape index (κ3) is 4.74. The van der Waals surface area contributed by atoms with Gasteiger partial charge in [0.1, 0.15) is 0 Å². The van der Waals surface area contributed by atoms with E-state index in [4.69, 9.17) is 0 Å². The quantitative estimate of drug-likeness (QED) is 0.601. The number of nitrogens with one attached hydrogen (secondary N) is 1. The molecule has 2 heterocycles. The molecule has 0 unspecified atom stereocenters. The molecule has 0 bridgehead atoms. The Balaban J connectivity index is 1.21. The highest BCUT2D eigenvalue weighted by Gasteiger charge is 2.34. The van der Waals surface area contributed by atoms with E-state index in [1.54, 1.807) is 4.68 Å². The third-order valence-electron chi connectivity index (χ3n) is 6.32. The van der Waals surface area contributed by atoms with Crippen molar-refractivity contribution in [3.8, 4) is 5.69 Å². The van der Waals surface area contributed by atoms with E-state index in [9.17, 15) is 9.90 Å². The fraction of sp³-hybridized carbons (Fsp3) is 0.400. The number of carbonyl (C=O) groups is 1. The minimum Gasteiger partial charge on any atom is -0.393 e. The molecule has 0 atom stereocenters. The fourth-order valence-electron chi connectivity index (χ4n) is 4.30. The van der Waals surface area contributed by atoms with Crippen LogP contribution < -0.4 is 5.32 Å². The summed E-state index contributed by atoms with van der Waals surface area (Å²) in [5.41, 5.74) is 4.58. The van der Waals surface area contributed by atoms with Crippen LogP contribution in [0.5, 0.6) is 0 Å². The van der Waals surface area contributed by atoms with Crippen LogP contribution in [0.25, 0.3) is 5.69 Å². The first-order valence-corrected chi connectivity index (χ1v) is 11.4. The molecule has 1 aliphatic carbocycles. The normalized spacial score (nSPS) is 17.4. The molecule has 1 aromatic heterocycles. The number of aromatic nitrogens is 3. The number of carbonyl (C=O) groups excluding carboxylic acids is 1. The molecule has 1 aliphatic heterocycles. The van der Waals surface area contributed by atoms with Gasteiger partial charge in [-0.25, -0.2) is 4.68 Å². The summed E-state index contributed by atoms with van der Waals surface area (Å²) in [7, 11) is 0. The monoisotopic (exact) mass is 431 g/mol. The van der Waals surface area contributed by atoms with Crippen LogP contribution in [0.1, 0.15) is 58.9 Å². The van der Waals surface area contributed by atoms with Crippen molar-refractivity contribution < 1.29 is 9.90 Å². The van der Waals surface area contributed by atoms with Crippen LogP contribution in [0.15, 0.2) is 54.6 Å². The van der Waals surface area contributed by atoms with E-state index in [2.05, 4.69) is 44.8 Å². The van der Waals surface area contributed by atoms with Crippen molar-refractivity contribution in [1.29, 1.82) is 0 Å². The highest BCUT2D eigenvalue weighted by molar-refractivity contribution is 5.93. The van der Waals surface area contributed by atoms with Crippen molar-refractivity contribution in [2.45, 2.75) is 50.8 Å². The van der Waals surface area contributed by atoms with Crippen molar-refractivity contribution in [1.82, 2.24) is 25.2 Å². The van der Waals surface area contributed by atoms with Crippen molar-refractivity contribution >= 4 is 5.91 Å². The number of amides is 1. The zero-order valence-corrected chi connectivity index (χ0v) is 18.2. The number of piperidine rings is 1. The lowest BCUT2D eigenvalue weighted by molar-refractivity contribution is 0.0792. The summed E-state index contributed by atoms with van der Waals surface area (Å²) in [5, 5.41) is 21.2. The van der Waals surface area contributed by atoms with Gasteiger partial charge >= 0.3 is 0 Å². The lowest BCUT2D eigenvalue weighted by Crippen LogP contribution is -2.35. The van der Waals surface area contributed by atoms with Gasteiger partial charge in [-0.1, -0.05) is 47.7 Å². The van der Waals surface area contributed by atoms with E-state index in [0.717, 1.165) is 62.3 Å². The van der Waals surface area contributed by atoms with Crippen molar-refractivity contribution in [3.63, 3.8) is 0 Å². The van der Waals surface area contributed by atoms with Gasteiger partial charge in [-0.05, 0) is 48.9 Å². The number of rotatable bonds is 7. The van der Waals surface area contributed by atoms with Gasteiger partial charge in [-0.15, -0.1) is 5.10 Å². The summed E-state index contributed by atoms with van der Waals surface area (Å²) in [4.78, 5) is 15.3. The molecule has 2 aromatic carbocycles. The molecule has 2 fully saturated rings. The molecule has 7 heteroatoms. The van der Waals surface area contributed by atoms with E-state index in [0.29, 0.717) is 18.2 Å². The summed E-state index contributed by atoms with van der Waals surface area (Å²) in [5.74, 6) is 0.172. The van der Waals surface area contributed by atoms with E-state index >= 15 is 0 Å². The van der Waals surface area contributed by atoms with E-state index in [-0.39, 0.29) is 12.0 Å². The van der Waals surface area contributed by atoms with Crippen LogP contribution in [-0.4, -0.2) is 50.1 Å². The van der Waals surface area contributed by atoms with Gasteiger partial charge in [-0.3, -0.25) is 9.69 Å². The molecule has 32 heavy (non-hydrogen) atoms. The Hall–Kier alpha value is -3.03. The Morgan fingerprint density at radius 2 is 1.66 bits per heavy atom. The van der Waals surface area contributed by atoms with Crippen LogP contribution >= 0.6 is 0 Å². The number of hydrogen-bond acceptors (Lipinski definition) is 5. The van der Waals surface area contributed by atoms with Gasteiger partial charge in [0.25, 0.3) is 5.91 Å². The summed E-state index contributed by atoms with van der Waals surface area (Å²) < 4.78 is 1.81. The molecule has 1 saturated carbocycles. The number of aliphatic hydroxyl groups excluding tert-OH is 1. The topological polar surface area (TPSA) is 83.3 Å². The Labute approximate surface area is 188 Å². The summed E-state index contributed by atoms with van der Waals surface area (Å²) in [6, 6.07) is 18.2. The van der Waals surface area contributed by atoms with E-state index < -0.39 is 0 Å². The van der Waals surface area contributed by atoms with Crippen LogP contribution in [0.4, 0.5) is 0 Å². The maximum absolute atomic E-state index is 12.9. The molecular formula is C25H29N5O2. The lowest BCUT2D eigenvalue weighted by atomic mass is 10.1. The number of benzene rings is 2. The maximum Gasteiger partial charge on any atom is 0.274 e. The Bertz CT molecular complexity index is 1050. The minimum atomic E-state index is -0.176. The lowest BCUT2D eigenvalue weighted by Gasteiger charge is -2.29. The molecule has 2 aliphatic rings. The molecule has 2 N–H and O–H groups in total. The second-order valence-corrected chi connectivity index (χ2v) is 8.85. The third-order valence-corrected chi connectivity index (χ3v) is 6.32. The predicted octanol–water partition coefficient (Wildman–Crippen LogP) is 3.03. The van der Waals surface area contributed by atoms with E-state index in [1.807, 2.05) is 30.3 Å². The maximum atomic E-state index is 12.9. The highest BCUT2D eigenvalue weighted by atomic mass is 16.3. The predicted molar refractivity (Wildman–Crippen MR) is 121 cm³/mol. The van der Waals surface area contributed by atoms with Gasteiger partial charge in [0.15, 0.2) is 5.69 Å². The molecular weight excluding hydrogens is 402 g/mol. The summed E-state index contributed by atoms with van der Waals surface area (Å²) >= 11 is 0. The van der Waals surface area contributed by atoms with Crippen LogP contribution in [0.2, 0.25) is 0 Å². The zero-order chi connectivity index (χ0) is 21.9. The Morgan fingerprint density at radius 1 is 0.969 bits per heavy atom. The molecule has 0 spiro atoms. The first kappa shape index (κ1) is 20.8. The van der Waals surface area contributed by atoms with Crippen molar-refractivity contribution in [2.75, 3.05) is 13.1 Å². The molecule has 1 amide bonds. The van der Waals surface area contributed by atoms with Gasteiger partial charge in [0.2, 0.25) is 0 Å². The van der Waals surface area contributed by atoms with Crippen LogP contribution in [-0.2, 0) is 13.1 Å². The van der Waals surface area contributed by atoms with Crippen LogP contribution in [0.3, 0.4) is 0 Å². The molecule has 1 saturated heterocycles. The van der Waals surface area contributed by atoms with Crippen LogP contribution in [0, 0.1) is 0 Å². The Morgan fingerprint density at radius 3 is 2.34 bits per heavy atom. The van der Waals surface area contributed by atoms with Gasteiger partial charge in [-0.2, -0.15) is 0 Å². The second kappa shape index (κ2) is 9.22. The average Bonchev–Trinajstić information content (AvgIpc) is 3.58. The average molecular weight is 432 g/mol. The van der Waals surface area contributed by atoms with Crippen molar-refractivity contribution in [2.24, 2.45) is 0 Å². The fourth-order valence-corrected chi connectivity index (χ4v) is 4.30.